The third kappa shape index (κ3) is 3.37. The first-order valence-electron chi connectivity index (χ1n) is 6.00. The molecule has 1 aliphatic carbocycles. The number of amides is 1. The van der Waals surface area contributed by atoms with Crippen LogP contribution in [0.2, 0.25) is 5.02 Å². The van der Waals surface area contributed by atoms with Gasteiger partial charge < -0.3 is 15.8 Å². The van der Waals surface area contributed by atoms with E-state index < -0.39 is 6.04 Å². The van der Waals surface area contributed by atoms with E-state index in [0.717, 1.165) is 6.42 Å². The van der Waals surface area contributed by atoms with E-state index in [1.54, 1.807) is 18.2 Å². The number of carbonyl (C=O) groups excluding carboxylic acids is 1. The quantitative estimate of drug-likeness (QED) is 0.862. The van der Waals surface area contributed by atoms with Crippen LogP contribution in [0.3, 0.4) is 0 Å². The molecule has 0 radical (unpaired) electrons. The number of nitrogens with one attached hydrogen (secondary N) is 1. The van der Waals surface area contributed by atoms with Crippen molar-refractivity contribution in [1.82, 2.24) is 0 Å². The van der Waals surface area contributed by atoms with Crippen LogP contribution in [0.4, 0.5) is 5.69 Å². The summed E-state index contributed by atoms with van der Waals surface area (Å²) in [6.45, 7) is 0. The average molecular weight is 269 g/mol. The normalized spacial score (nSPS) is 16.2. The third-order valence-corrected chi connectivity index (χ3v) is 3.35. The van der Waals surface area contributed by atoms with Crippen molar-refractivity contribution < 1.29 is 9.53 Å². The summed E-state index contributed by atoms with van der Waals surface area (Å²) in [5.74, 6) is 1.00. The summed E-state index contributed by atoms with van der Waals surface area (Å²) in [4.78, 5) is 11.9. The molecule has 2 rings (SSSR count). The van der Waals surface area contributed by atoms with E-state index in [0.29, 0.717) is 22.4 Å². The lowest BCUT2D eigenvalue weighted by Gasteiger charge is -2.12. The number of benzene rings is 1. The molecule has 4 nitrogen and oxygen atoms in total. The molecule has 0 unspecified atom stereocenters. The number of halogens is 1. The molecular formula is C13H17ClN2O2. The predicted molar refractivity (Wildman–Crippen MR) is 72.0 cm³/mol. The van der Waals surface area contributed by atoms with Gasteiger partial charge in [0.05, 0.1) is 18.2 Å². The fraction of sp³-hybridized carbons (Fsp3) is 0.462. The Morgan fingerprint density at radius 3 is 2.94 bits per heavy atom. The molecule has 3 N–H and O–H groups in total. The number of methoxy groups -OCH3 is 1. The van der Waals surface area contributed by atoms with Crippen molar-refractivity contribution in [2.24, 2.45) is 11.7 Å². The fourth-order valence-electron chi connectivity index (χ4n) is 1.79. The summed E-state index contributed by atoms with van der Waals surface area (Å²) < 4.78 is 5.09. The van der Waals surface area contributed by atoms with Crippen LogP contribution >= 0.6 is 11.6 Å². The number of rotatable bonds is 5. The summed E-state index contributed by atoms with van der Waals surface area (Å²) in [6.07, 6.45) is 3.14. The molecule has 0 bridgehead atoms. The highest BCUT2D eigenvalue weighted by Gasteiger charge is 2.27. The third-order valence-electron chi connectivity index (χ3n) is 3.04. The van der Waals surface area contributed by atoms with Gasteiger partial charge in [-0.15, -0.1) is 0 Å². The molecule has 98 valence electrons. The Kier molecular flexibility index (Phi) is 4.09. The van der Waals surface area contributed by atoms with Crippen LogP contribution in [0, 0.1) is 5.92 Å². The molecule has 1 amide bonds. The van der Waals surface area contributed by atoms with Crippen molar-refractivity contribution in [2.45, 2.75) is 25.3 Å². The van der Waals surface area contributed by atoms with Gasteiger partial charge in [-0.1, -0.05) is 24.4 Å². The summed E-state index contributed by atoms with van der Waals surface area (Å²) in [5.41, 5.74) is 6.48. The standard InChI is InChI=1S/C13H17ClN2O2/c1-18-12-7-9(4-5-10(12)14)16-13(17)11(15)6-8-2-3-8/h4-5,7-8,11H,2-3,6,15H2,1H3,(H,16,17)/t11-/m0/s1. The maximum absolute atomic E-state index is 11.9. The number of ether oxygens (including phenoxy) is 1. The lowest BCUT2D eigenvalue weighted by Crippen LogP contribution is -2.35. The van der Waals surface area contributed by atoms with Crippen molar-refractivity contribution in [1.29, 1.82) is 0 Å². The highest BCUT2D eigenvalue weighted by molar-refractivity contribution is 6.32. The lowest BCUT2D eigenvalue weighted by atomic mass is 10.1. The zero-order chi connectivity index (χ0) is 13.1. The molecule has 5 heteroatoms. The van der Waals surface area contributed by atoms with Gasteiger partial charge in [0.2, 0.25) is 5.91 Å². The summed E-state index contributed by atoms with van der Waals surface area (Å²) in [7, 11) is 1.53. The van der Waals surface area contributed by atoms with E-state index in [4.69, 9.17) is 22.1 Å². The van der Waals surface area contributed by atoms with Gasteiger partial charge in [-0.05, 0) is 24.5 Å². The first-order chi connectivity index (χ1) is 8.60. The molecule has 0 aromatic heterocycles. The second kappa shape index (κ2) is 5.59. The van der Waals surface area contributed by atoms with Crippen molar-refractivity contribution in [2.75, 3.05) is 12.4 Å². The average Bonchev–Trinajstić information content (AvgIpc) is 3.15. The molecule has 1 aliphatic rings. The van der Waals surface area contributed by atoms with Crippen LogP contribution in [-0.2, 0) is 4.79 Å². The van der Waals surface area contributed by atoms with Gasteiger partial charge in [-0.2, -0.15) is 0 Å². The largest absolute Gasteiger partial charge is 0.495 e. The monoisotopic (exact) mass is 268 g/mol. The van der Waals surface area contributed by atoms with Crippen molar-refractivity contribution in [3.63, 3.8) is 0 Å². The predicted octanol–water partition coefficient (Wildman–Crippen LogP) is 2.41. The SMILES string of the molecule is COc1cc(NC(=O)[C@@H](N)CC2CC2)ccc1Cl. The van der Waals surface area contributed by atoms with Crippen LogP contribution in [0.5, 0.6) is 5.75 Å². The smallest absolute Gasteiger partial charge is 0.241 e. The Balaban J connectivity index is 1.97. The van der Waals surface area contributed by atoms with Crippen molar-refractivity contribution in [3.05, 3.63) is 23.2 Å². The lowest BCUT2D eigenvalue weighted by molar-refractivity contribution is -0.117. The molecule has 1 aromatic rings. The molecule has 0 spiro atoms. The zero-order valence-corrected chi connectivity index (χ0v) is 11.0. The number of carbonyl (C=O) groups is 1. The minimum absolute atomic E-state index is 0.161. The summed E-state index contributed by atoms with van der Waals surface area (Å²) >= 11 is 5.91. The molecule has 1 aromatic carbocycles. The molecule has 18 heavy (non-hydrogen) atoms. The fourth-order valence-corrected chi connectivity index (χ4v) is 1.99. The summed E-state index contributed by atoms with van der Waals surface area (Å²) in [5, 5.41) is 3.29. The minimum atomic E-state index is -0.445. The van der Waals surface area contributed by atoms with E-state index in [1.165, 1.54) is 20.0 Å². The molecule has 1 saturated carbocycles. The second-order valence-electron chi connectivity index (χ2n) is 4.62. The van der Waals surface area contributed by atoms with Gasteiger partial charge >= 0.3 is 0 Å². The first kappa shape index (κ1) is 13.2. The number of anilines is 1. The van der Waals surface area contributed by atoms with Gasteiger partial charge in [0, 0.05) is 11.8 Å². The molecular weight excluding hydrogens is 252 g/mol. The van der Waals surface area contributed by atoms with E-state index in [-0.39, 0.29) is 5.91 Å². The van der Waals surface area contributed by atoms with E-state index in [9.17, 15) is 4.79 Å². The maximum atomic E-state index is 11.9. The second-order valence-corrected chi connectivity index (χ2v) is 5.03. The van der Waals surface area contributed by atoms with Crippen LogP contribution in [0.25, 0.3) is 0 Å². The molecule has 0 saturated heterocycles. The Labute approximate surface area is 111 Å². The van der Waals surface area contributed by atoms with Crippen LogP contribution in [-0.4, -0.2) is 19.1 Å². The number of hydrogen-bond donors (Lipinski definition) is 2. The number of nitrogens with two attached hydrogens (primary N) is 1. The maximum Gasteiger partial charge on any atom is 0.241 e. The molecule has 0 heterocycles. The molecule has 1 atom stereocenters. The zero-order valence-electron chi connectivity index (χ0n) is 10.3. The Morgan fingerprint density at radius 1 is 1.61 bits per heavy atom. The molecule has 0 aliphatic heterocycles. The van der Waals surface area contributed by atoms with E-state index in [1.807, 2.05) is 0 Å². The first-order valence-corrected chi connectivity index (χ1v) is 6.38. The van der Waals surface area contributed by atoms with Gasteiger partial charge in [-0.3, -0.25) is 4.79 Å². The van der Waals surface area contributed by atoms with Crippen LogP contribution in [0.15, 0.2) is 18.2 Å². The van der Waals surface area contributed by atoms with Crippen LogP contribution < -0.4 is 15.8 Å². The molecule has 1 fully saturated rings. The Morgan fingerprint density at radius 2 is 2.33 bits per heavy atom. The van der Waals surface area contributed by atoms with Gasteiger partial charge in [0.25, 0.3) is 0 Å². The number of hydrogen-bond acceptors (Lipinski definition) is 3. The van der Waals surface area contributed by atoms with Crippen molar-refractivity contribution >= 4 is 23.2 Å². The Bertz CT molecular complexity index is 447. The van der Waals surface area contributed by atoms with Crippen LogP contribution in [0.1, 0.15) is 19.3 Å². The highest BCUT2D eigenvalue weighted by atomic mass is 35.5. The van der Waals surface area contributed by atoms with Gasteiger partial charge in [-0.25, -0.2) is 0 Å². The Hall–Kier alpha value is -1.26. The topological polar surface area (TPSA) is 64.3 Å². The van der Waals surface area contributed by atoms with E-state index >= 15 is 0 Å². The van der Waals surface area contributed by atoms with Crippen molar-refractivity contribution in [3.8, 4) is 5.75 Å². The van der Waals surface area contributed by atoms with E-state index in [2.05, 4.69) is 5.32 Å². The summed E-state index contributed by atoms with van der Waals surface area (Å²) in [6, 6.07) is 4.65. The minimum Gasteiger partial charge on any atom is -0.495 e. The van der Waals surface area contributed by atoms with Gasteiger partial charge in [0.15, 0.2) is 0 Å². The van der Waals surface area contributed by atoms with Gasteiger partial charge in [0.1, 0.15) is 5.75 Å². The highest BCUT2D eigenvalue weighted by Crippen LogP contribution is 2.33.